The number of hydrogen-bond acceptors (Lipinski definition) is 5. The molecule has 0 spiro atoms. The van der Waals surface area contributed by atoms with Crippen molar-refractivity contribution in [1.29, 1.82) is 0 Å². The van der Waals surface area contributed by atoms with E-state index in [1.54, 1.807) is 17.5 Å². The van der Waals surface area contributed by atoms with E-state index in [4.69, 9.17) is 0 Å². The first-order valence-electron chi connectivity index (χ1n) is 6.95. The van der Waals surface area contributed by atoms with Crippen LogP contribution >= 0.6 is 11.3 Å². The summed E-state index contributed by atoms with van der Waals surface area (Å²) in [6.45, 7) is 3.05. The van der Waals surface area contributed by atoms with Crippen LogP contribution < -0.4 is 5.32 Å². The van der Waals surface area contributed by atoms with Crippen LogP contribution in [0.3, 0.4) is 0 Å². The number of thiazole rings is 1. The van der Waals surface area contributed by atoms with Crippen molar-refractivity contribution in [3.05, 3.63) is 53.2 Å². The summed E-state index contributed by atoms with van der Waals surface area (Å²) in [6.07, 6.45) is 2.56. The third-order valence-corrected chi connectivity index (χ3v) is 4.17. The van der Waals surface area contributed by atoms with Gasteiger partial charge in [-0.05, 0) is 12.1 Å². The molecule has 2 heterocycles. The number of H-pyrrole nitrogens is 1. The summed E-state index contributed by atoms with van der Waals surface area (Å²) in [5.74, 6) is 0. The van der Waals surface area contributed by atoms with Crippen molar-refractivity contribution in [2.24, 2.45) is 0 Å². The van der Waals surface area contributed by atoms with Crippen LogP contribution in [0, 0.1) is 0 Å². The lowest BCUT2D eigenvalue weighted by atomic mass is 10.0. The average Bonchev–Trinajstić information content (AvgIpc) is 3.19. The molecule has 0 saturated carbocycles. The lowest BCUT2D eigenvalue weighted by Crippen LogP contribution is -2.23. The normalized spacial score (nSPS) is 12.4. The quantitative estimate of drug-likeness (QED) is 0.734. The van der Waals surface area contributed by atoms with Crippen LogP contribution in [0.5, 0.6) is 0 Å². The van der Waals surface area contributed by atoms with Gasteiger partial charge in [0.15, 0.2) is 0 Å². The van der Waals surface area contributed by atoms with Crippen molar-refractivity contribution in [1.82, 2.24) is 25.7 Å². The minimum absolute atomic E-state index is 0.281. The number of aromatic nitrogens is 4. The number of benzene rings is 1. The lowest BCUT2D eigenvalue weighted by molar-refractivity contribution is 0.545. The van der Waals surface area contributed by atoms with E-state index in [0.29, 0.717) is 0 Å². The van der Waals surface area contributed by atoms with Gasteiger partial charge in [0.25, 0.3) is 0 Å². The molecule has 1 aromatic carbocycles. The van der Waals surface area contributed by atoms with E-state index < -0.39 is 0 Å². The molecule has 0 amide bonds. The number of nitrogens with one attached hydrogen (secondary N) is 2. The highest BCUT2D eigenvalue weighted by atomic mass is 32.1. The van der Waals surface area contributed by atoms with Crippen LogP contribution in [-0.2, 0) is 6.42 Å². The molecule has 0 saturated heterocycles. The lowest BCUT2D eigenvalue weighted by Gasteiger charge is -2.17. The Morgan fingerprint density at radius 1 is 1.29 bits per heavy atom. The maximum atomic E-state index is 4.66. The highest BCUT2D eigenvalue weighted by Gasteiger charge is 2.14. The summed E-state index contributed by atoms with van der Waals surface area (Å²) in [5, 5.41) is 17.0. The molecular weight excluding hydrogens is 282 g/mol. The zero-order valence-electron chi connectivity index (χ0n) is 11.8. The van der Waals surface area contributed by atoms with Crippen molar-refractivity contribution in [3.63, 3.8) is 0 Å². The van der Waals surface area contributed by atoms with E-state index in [9.17, 15) is 0 Å². The second-order valence-corrected chi connectivity index (χ2v) is 5.58. The Labute approximate surface area is 127 Å². The number of rotatable bonds is 6. The third-order valence-electron chi connectivity index (χ3n) is 3.25. The highest BCUT2D eigenvalue weighted by molar-refractivity contribution is 7.13. The molecule has 1 unspecified atom stereocenters. The Kier molecular flexibility index (Phi) is 4.37. The molecule has 2 aromatic heterocycles. The van der Waals surface area contributed by atoms with E-state index in [2.05, 4.69) is 62.3 Å². The third kappa shape index (κ3) is 3.34. The number of aromatic amines is 1. The van der Waals surface area contributed by atoms with Crippen molar-refractivity contribution in [3.8, 4) is 10.7 Å². The molecule has 0 bridgehead atoms. The summed E-state index contributed by atoms with van der Waals surface area (Å²) in [4.78, 5) is 4.66. The maximum absolute atomic E-state index is 4.66. The molecule has 0 aliphatic carbocycles. The van der Waals surface area contributed by atoms with Gasteiger partial charge in [-0.25, -0.2) is 4.98 Å². The molecular formula is C15H17N5S. The van der Waals surface area contributed by atoms with E-state index in [-0.39, 0.29) is 6.04 Å². The van der Waals surface area contributed by atoms with Crippen molar-refractivity contribution < 1.29 is 0 Å². The maximum Gasteiger partial charge on any atom is 0.145 e. The van der Waals surface area contributed by atoms with E-state index in [0.717, 1.165) is 29.4 Å². The van der Waals surface area contributed by atoms with Crippen molar-refractivity contribution in [2.75, 3.05) is 6.54 Å². The molecule has 3 aromatic rings. The molecule has 0 fully saturated rings. The first kappa shape index (κ1) is 13.9. The molecule has 0 radical (unpaired) electrons. The molecule has 5 nitrogen and oxygen atoms in total. The Hall–Kier alpha value is -2.05. The largest absolute Gasteiger partial charge is 0.310 e. The van der Waals surface area contributed by atoms with Crippen molar-refractivity contribution >= 4 is 11.3 Å². The van der Waals surface area contributed by atoms with Crippen LogP contribution in [0.1, 0.15) is 24.2 Å². The number of hydrogen-bond donors (Lipinski definition) is 2. The first-order valence-corrected chi connectivity index (χ1v) is 7.83. The monoisotopic (exact) mass is 299 g/mol. The van der Waals surface area contributed by atoms with Gasteiger partial charge in [0.2, 0.25) is 0 Å². The molecule has 1 atom stereocenters. The van der Waals surface area contributed by atoms with Gasteiger partial charge < -0.3 is 5.32 Å². The zero-order chi connectivity index (χ0) is 14.5. The zero-order valence-corrected chi connectivity index (χ0v) is 12.6. The molecule has 6 heteroatoms. The summed E-state index contributed by atoms with van der Waals surface area (Å²) < 4.78 is 0. The van der Waals surface area contributed by atoms with Gasteiger partial charge in [-0.15, -0.1) is 11.3 Å². The second-order valence-electron chi connectivity index (χ2n) is 4.72. The average molecular weight is 299 g/mol. The van der Waals surface area contributed by atoms with E-state index in [1.165, 1.54) is 5.56 Å². The van der Waals surface area contributed by atoms with Gasteiger partial charge in [-0.2, -0.15) is 15.4 Å². The van der Waals surface area contributed by atoms with Crippen LogP contribution in [0.25, 0.3) is 10.7 Å². The molecule has 0 aliphatic heterocycles. The van der Waals surface area contributed by atoms with Gasteiger partial charge in [0.1, 0.15) is 10.7 Å². The van der Waals surface area contributed by atoms with Gasteiger partial charge in [0.05, 0.1) is 11.9 Å². The van der Waals surface area contributed by atoms with Gasteiger partial charge in [-0.3, -0.25) is 0 Å². The van der Waals surface area contributed by atoms with Gasteiger partial charge >= 0.3 is 0 Å². The Morgan fingerprint density at radius 2 is 2.14 bits per heavy atom. The molecule has 21 heavy (non-hydrogen) atoms. The van der Waals surface area contributed by atoms with Crippen LogP contribution in [0.2, 0.25) is 0 Å². The minimum atomic E-state index is 0.281. The van der Waals surface area contributed by atoms with Crippen LogP contribution in [0.15, 0.2) is 41.9 Å². The molecule has 3 rings (SSSR count). The Bertz CT molecular complexity index is 662. The fourth-order valence-corrected chi connectivity index (χ4v) is 3.06. The summed E-state index contributed by atoms with van der Waals surface area (Å²) in [6, 6.07) is 10.8. The second kappa shape index (κ2) is 6.60. The Balaban J connectivity index is 1.77. The number of nitrogens with zero attached hydrogens (tertiary/aromatic N) is 3. The summed E-state index contributed by atoms with van der Waals surface area (Å²) >= 11 is 1.60. The minimum Gasteiger partial charge on any atom is -0.310 e. The van der Waals surface area contributed by atoms with Gasteiger partial charge in [-0.1, -0.05) is 37.3 Å². The summed E-state index contributed by atoms with van der Waals surface area (Å²) in [5.41, 5.74) is 3.16. The van der Waals surface area contributed by atoms with Crippen molar-refractivity contribution in [2.45, 2.75) is 19.4 Å². The predicted molar refractivity (Wildman–Crippen MR) is 84.1 cm³/mol. The topological polar surface area (TPSA) is 66.5 Å². The van der Waals surface area contributed by atoms with E-state index >= 15 is 0 Å². The predicted octanol–water partition coefficient (Wildman–Crippen LogP) is 2.82. The summed E-state index contributed by atoms with van der Waals surface area (Å²) in [7, 11) is 0. The highest BCUT2D eigenvalue weighted by Crippen LogP contribution is 2.24. The number of likely N-dealkylation sites (N-methyl/N-ethyl adjacent to an activating group) is 1. The molecule has 2 N–H and O–H groups in total. The van der Waals surface area contributed by atoms with Crippen LogP contribution in [0.4, 0.5) is 0 Å². The fourth-order valence-electron chi connectivity index (χ4n) is 2.27. The smallest absolute Gasteiger partial charge is 0.145 e. The molecule has 0 aliphatic rings. The molecule has 108 valence electrons. The van der Waals surface area contributed by atoms with E-state index in [1.807, 2.05) is 6.07 Å². The van der Waals surface area contributed by atoms with Crippen LogP contribution in [-0.4, -0.2) is 26.9 Å². The Morgan fingerprint density at radius 3 is 2.86 bits per heavy atom. The van der Waals surface area contributed by atoms with Gasteiger partial charge in [0, 0.05) is 17.8 Å². The first-order chi connectivity index (χ1) is 10.4. The fraction of sp³-hybridized carbons (Fsp3) is 0.267. The SMILES string of the molecule is CCNC(Cc1csc(-c2cn[nH]n2)n1)c1ccccc1. The standard InChI is InChI=1S/C15H17N5S/c1-2-16-13(11-6-4-3-5-7-11)8-12-10-21-15(18-12)14-9-17-20-19-14/h3-7,9-10,13,16H,2,8H2,1H3,(H,17,19,20).